The Balaban J connectivity index is 3.23. The van der Waals surface area contributed by atoms with Crippen molar-refractivity contribution in [1.29, 1.82) is 0 Å². The van der Waals surface area contributed by atoms with Gasteiger partial charge in [0.05, 0.1) is 0 Å². The molecule has 0 saturated heterocycles. The summed E-state index contributed by atoms with van der Waals surface area (Å²) < 4.78 is 41.5. The molecule has 5 heteroatoms. The molecule has 0 aliphatic carbocycles. The Kier molecular flexibility index (Phi) is 3.93. The highest BCUT2D eigenvalue weighted by atomic mass is 19.3. The van der Waals surface area contributed by atoms with Crippen LogP contribution in [0.15, 0.2) is 12.1 Å². The molecule has 1 rings (SSSR count). The average Bonchev–Trinajstić information content (AvgIpc) is 2.19. The Morgan fingerprint density at radius 3 is 2.50 bits per heavy atom. The van der Waals surface area contributed by atoms with Gasteiger partial charge in [-0.1, -0.05) is 6.92 Å². The summed E-state index contributed by atoms with van der Waals surface area (Å²) in [5.74, 6) is -1.73. The largest absolute Gasteiger partial charge is 0.432 e. The van der Waals surface area contributed by atoms with E-state index in [0.717, 1.165) is 6.07 Å². The van der Waals surface area contributed by atoms with Gasteiger partial charge in [-0.25, -0.2) is 4.39 Å². The second-order valence-corrected chi connectivity index (χ2v) is 3.19. The van der Waals surface area contributed by atoms with Crippen LogP contribution in [0, 0.1) is 5.82 Å². The van der Waals surface area contributed by atoms with Crippen LogP contribution in [0.1, 0.15) is 29.8 Å². The Morgan fingerprint density at radius 1 is 1.44 bits per heavy atom. The zero-order valence-electron chi connectivity index (χ0n) is 8.89. The molecular formula is C11H11F3O2. The summed E-state index contributed by atoms with van der Waals surface area (Å²) in [6, 6.07) is 2.33. The molecule has 88 valence electrons. The minimum Gasteiger partial charge on any atom is -0.432 e. The van der Waals surface area contributed by atoms with Crippen molar-refractivity contribution in [2.24, 2.45) is 0 Å². The minimum absolute atomic E-state index is 0.102. The van der Waals surface area contributed by atoms with E-state index in [1.54, 1.807) is 6.92 Å². The van der Waals surface area contributed by atoms with Crippen molar-refractivity contribution < 1.29 is 22.7 Å². The van der Waals surface area contributed by atoms with Crippen molar-refractivity contribution in [2.45, 2.75) is 26.9 Å². The number of hydrogen-bond acceptors (Lipinski definition) is 2. The maximum atomic E-state index is 13.6. The molecule has 0 unspecified atom stereocenters. The number of benzene rings is 1. The third kappa shape index (κ3) is 2.53. The van der Waals surface area contributed by atoms with E-state index in [1.807, 2.05) is 0 Å². The van der Waals surface area contributed by atoms with Gasteiger partial charge in [0.2, 0.25) is 0 Å². The van der Waals surface area contributed by atoms with Crippen LogP contribution in [-0.4, -0.2) is 12.4 Å². The van der Waals surface area contributed by atoms with Crippen LogP contribution in [0.3, 0.4) is 0 Å². The van der Waals surface area contributed by atoms with Gasteiger partial charge in [-0.2, -0.15) is 8.78 Å². The maximum Gasteiger partial charge on any atom is 0.387 e. The van der Waals surface area contributed by atoms with Crippen LogP contribution >= 0.6 is 0 Å². The van der Waals surface area contributed by atoms with Gasteiger partial charge >= 0.3 is 6.61 Å². The van der Waals surface area contributed by atoms with Gasteiger partial charge in [-0.3, -0.25) is 4.79 Å². The second kappa shape index (κ2) is 5.01. The number of alkyl halides is 2. The van der Waals surface area contributed by atoms with E-state index >= 15 is 0 Å². The first-order valence-corrected chi connectivity index (χ1v) is 4.74. The van der Waals surface area contributed by atoms with Crippen molar-refractivity contribution in [3.63, 3.8) is 0 Å². The summed E-state index contributed by atoms with van der Waals surface area (Å²) in [7, 11) is 0. The van der Waals surface area contributed by atoms with Crippen LogP contribution in [0.2, 0.25) is 0 Å². The van der Waals surface area contributed by atoms with Crippen LogP contribution in [-0.2, 0) is 6.42 Å². The number of ketones is 1. The zero-order chi connectivity index (χ0) is 12.3. The normalized spacial score (nSPS) is 10.6. The number of rotatable bonds is 4. The Hall–Kier alpha value is -1.52. The second-order valence-electron chi connectivity index (χ2n) is 3.19. The molecular weight excluding hydrogens is 221 g/mol. The SMILES string of the molecule is CCc1c(C(C)=O)ccc(OC(F)F)c1F. The summed E-state index contributed by atoms with van der Waals surface area (Å²) in [6.07, 6.45) is 0.237. The molecule has 0 atom stereocenters. The predicted molar refractivity (Wildman–Crippen MR) is 52.4 cm³/mol. The summed E-state index contributed by atoms with van der Waals surface area (Å²) in [5.41, 5.74) is 0.298. The third-order valence-corrected chi connectivity index (χ3v) is 2.16. The van der Waals surface area contributed by atoms with E-state index < -0.39 is 18.2 Å². The van der Waals surface area contributed by atoms with Crippen molar-refractivity contribution in [3.05, 3.63) is 29.1 Å². The number of ether oxygens (including phenoxy) is 1. The first-order chi connectivity index (χ1) is 7.47. The molecule has 0 radical (unpaired) electrons. The fraction of sp³-hybridized carbons (Fsp3) is 0.364. The number of carbonyl (C=O) groups excluding carboxylic acids is 1. The molecule has 0 heterocycles. The fourth-order valence-electron chi connectivity index (χ4n) is 1.46. The van der Waals surface area contributed by atoms with Crippen LogP contribution < -0.4 is 4.74 Å². The number of carbonyl (C=O) groups is 1. The lowest BCUT2D eigenvalue weighted by atomic mass is 10.0. The lowest BCUT2D eigenvalue weighted by Gasteiger charge is -2.11. The van der Waals surface area contributed by atoms with Crippen LogP contribution in [0.5, 0.6) is 5.75 Å². The van der Waals surface area contributed by atoms with Gasteiger partial charge in [0.25, 0.3) is 0 Å². The molecule has 0 bridgehead atoms. The van der Waals surface area contributed by atoms with Crippen molar-refractivity contribution in [1.82, 2.24) is 0 Å². The standard InChI is InChI=1S/C11H11F3O2/c1-3-7-8(6(2)15)4-5-9(10(7)12)16-11(13)14/h4-5,11H,3H2,1-2H3. The maximum absolute atomic E-state index is 13.6. The van der Waals surface area contributed by atoms with Crippen molar-refractivity contribution in [2.75, 3.05) is 0 Å². The molecule has 1 aromatic rings. The lowest BCUT2D eigenvalue weighted by molar-refractivity contribution is -0.0522. The molecule has 0 N–H and O–H groups in total. The number of hydrogen-bond donors (Lipinski definition) is 0. The molecule has 0 aliphatic rings. The summed E-state index contributed by atoms with van der Waals surface area (Å²) in [6.45, 7) is -0.152. The number of halogens is 3. The van der Waals surface area contributed by atoms with Gasteiger partial charge in [0.15, 0.2) is 17.3 Å². The van der Waals surface area contributed by atoms with Gasteiger partial charge < -0.3 is 4.74 Å². The van der Waals surface area contributed by atoms with Gasteiger partial charge in [0.1, 0.15) is 0 Å². The van der Waals surface area contributed by atoms with E-state index in [0.29, 0.717) is 0 Å². The van der Waals surface area contributed by atoms with E-state index in [9.17, 15) is 18.0 Å². The first-order valence-electron chi connectivity index (χ1n) is 4.74. The third-order valence-electron chi connectivity index (χ3n) is 2.16. The van der Waals surface area contributed by atoms with Crippen molar-refractivity contribution in [3.8, 4) is 5.75 Å². The monoisotopic (exact) mass is 232 g/mol. The zero-order valence-corrected chi connectivity index (χ0v) is 8.89. The van der Waals surface area contributed by atoms with E-state index in [4.69, 9.17) is 0 Å². The molecule has 16 heavy (non-hydrogen) atoms. The summed E-state index contributed by atoms with van der Waals surface area (Å²) in [5, 5.41) is 0. The predicted octanol–water partition coefficient (Wildman–Crippen LogP) is 3.19. The van der Waals surface area contributed by atoms with Crippen molar-refractivity contribution >= 4 is 5.78 Å². The van der Waals surface area contributed by atoms with E-state index in [2.05, 4.69) is 4.74 Å². The average molecular weight is 232 g/mol. The smallest absolute Gasteiger partial charge is 0.387 e. The highest BCUT2D eigenvalue weighted by molar-refractivity contribution is 5.95. The Bertz CT molecular complexity index is 402. The van der Waals surface area contributed by atoms with Gasteiger partial charge in [-0.15, -0.1) is 0 Å². The van der Waals surface area contributed by atoms with Gasteiger partial charge in [-0.05, 0) is 25.5 Å². The fourth-order valence-corrected chi connectivity index (χ4v) is 1.46. The quantitative estimate of drug-likeness (QED) is 0.745. The molecule has 0 fully saturated rings. The first kappa shape index (κ1) is 12.5. The molecule has 0 spiro atoms. The minimum atomic E-state index is -3.08. The molecule has 0 saturated carbocycles. The summed E-state index contributed by atoms with van der Waals surface area (Å²) >= 11 is 0. The van der Waals surface area contributed by atoms with Crippen LogP contribution in [0.25, 0.3) is 0 Å². The molecule has 1 aromatic carbocycles. The Labute approximate surface area is 91.0 Å². The highest BCUT2D eigenvalue weighted by Crippen LogP contribution is 2.26. The van der Waals surface area contributed by atoms with Crippen LogP contribution in [0.4, 0.5) is 13.2 Å². The van der Waals surface area contributed by atoms with E-state index in [-0.39, 0.29) is 23.3 Å². The number of Topliss-reactive ketones (excluding diaryl/α,β-unsaturated/α-hetero) is 1. The topological polar surface area (TPSA) is 26.3 Å². The summed E-state index contributed by atoms with van der Waals surface area (Å²) in [4.78, 5) is 11.2. The highest BCUT2D eigenvalue weighted by Gasteiger charge is 2.17. The molecule has 0 amide bonds. The molecule has 0 aliphatic heterocycles. The molecule has 2 nitrogen and oxygen atoms in total. The Morgan fingerprint density at radius 2 is 2.06 bits per heavy atom. The van der Waals surface area contributed by atoms with Gasteiger partial charge in [0, 0.05) is 11.1 Å². The van der Waals surface area contributed by atoms with E-state index in [1.165, 1.54) is 13.0 Å². The lowest BCUT2D eigenvalue weighted by Crippen LogP contribution is -2.08. The molecule has 0 aromatic heterocycles.